The van der Waals surface area contributed by atoms with Crippen LogP contribution in [0, 0.1) is 17.5 Å². The van der Waals surface area contributed by atoms with Crippen molar-refractivity contribution in [2.45, 2.75) is 6.04 Å². The van der Waals surface area contributed by atoms with Crippen molar-refractivity contribution in [3.8, 4) is 0 Å². The molecule has 0 aliphatic rings. The lowest BCUT2D eigenvalue weighted by molar-refractivity contribution is 0.0932. The maximum atomic E-state index is 13.9. The summed E-state index contributed by atoms with van der Waals surface area (Å²) in [5.74, 6) is -2.84. The Morgan fingerprint density at radius 1 is 1.08 bits per heavy atom. The Balaban J connectivity index is 2.00. The second kappa shape index (κ2) is 6.80. The zero-order valence-electron chi connectivity index (χ0n) is 13.2. The van der Waals surface area contributed by atoms with Crippen molar-refractivity contribution < 1.29 is 18.0 Å². The van der Waals surface area contributed by atoms with Crippen LogP contribution in [0.3, 0.4) is 0 Å². The molecule has 3 rings (SSSR count). The zero-order valence-corrected chi connectivity index (χ0v) is 13.2. The average molecular weight is 345 g/mol. The highest BCUT2D eigenvalue weighted by Gasteiger charge is 2.24. The summed E-state index contributed by atoms with van der Waals surface area (Å²) in [5.41, 5.74) is -0.149. The summed E-state index contributed by atoms with van der Waals surface area (Å²) in [6.07, 6.45) is 3.20. The highest BCUT2D eigenvalue weighted by Crippen LogP contribution is 2.22. The van der Waals surface area contributed by atoms with Crippen LogP contribution in [0.5, 0.6) is 0 Å². The molecule has 0 aliphatic carbocycles. The van der Waals surface area contributed by atoms with E-state index in [1.54, 1.807) is 17.8 Å². The molecule has 0 bridgehead atoms. The summed E-state index contributed by atoms with van der Waals surface area (Å²) in [5, 5.41) is 2.57. The number of carbonyl (C=O) groups is 1. The first kappa shape index (κ1) is 16.8. The van der Waals surface area contributed by atoms with E-state index in [4.69, 9.17) is 0 Å². The van der Waals surface area contributed by atoms with Crippen LogP contribution in [-0.4, -0.2) is 15.5 Å². The third kappa shape index (κ3) is 3.40. The summed E-state index contributed by atoms with van der Waals surface area (Å²) >= 11 is 0. The van der Waals surface area contributed by atoms with Crippen LogP contribution >= 0.6 is 0 Å². The SMILES string of the molecule is Cn1ccnc1C(NC(=O)c1c(F)cccc1F)c1ccc(F)cc1. The van der Waals surface area contributed by atoms with Gasteiger partial charge in [-0.25, -0.2) is 18.2 Å². The summed E-state index contributed by atoms with van der Waals surface area (Å²) in [6.45, 7) is 0. The molecule has 25 heavy (non-hydrogen) atoms. The third-order valence-electron chi connectivity index (χ3n) is 3.79. The average Bonchev–Trinajstić information content (AvgIpc) is 2.99. The number of nitrogens with zero attached hydrogens (tertiary/aromatic N) is 2. The van der Waals surface area contributed by atoms with Crippen LogP contribution in [0.25, 0.3) is 0 Å². The van der Waals surface area contributed by atoms with E-state index >= 15 is 0 Å². The molecule has 4 nitrogen and oxygen atoms in total. The Morgan fingerprint density at radius 3 is 2.28 bits per heavy atom. The molecule has 0 fully saturated rings. The molecule has 0 saturated carbocycles. The van der Waals surface area contributed by atoms with Crippen molar-refractivity contribution in [1.29, 1.82) is 0 Å². The summed E-state index contributed by atoms with van der Waals surface area (Å²) in [4.78, 5) is 16.6. The van der Waals surface area contributed by atoms with Crippen LogP contribution in [0.15, 0.2) is 54.9 Å². The number of amides is 1. The molecule has 0 spiro atoms. The molecule has 0 radical (unpaired) electrons. The zero-order chi connectivity index (χ0) is 18.0. The largest absolute Gasteiger partial charge is 0.338 e. The molecule has 1 N–H and O–H groups in total. The van der Waals surface area contributed by atoms with E-state index < -0.39 is 35.0 Å². The first-order valence-corrected chi connectivity index (χ1v) is 7.45. The van der Waals surface area contributed by atoms with Crippen molar-refractivity contribution >= 4 is 5.91 Å². The lowest BCUT2D eigenvalue weighted by Crippen LogP contribution is -2.32. The molecule has 1 heterocycles. The van der Waals surface area contributed by atoms with Gasteiger partial charge in [-0.3, -0.25) is 4.79 Å². The number of aromatic nitrogens is 2. The second-order valence-corrected chi connectivity index (χ2v) is 5.45. The maximum Gasteiger partial charge on any atom is 0.258 e. The number of rotatable bonds is 4. The fraction of sp³-hybridized carbons (Fsp3) is 0.111. The lowest BCUT2D eigenvalue weighted by Gasteiger charge is -2.19. The van der Waals surface area contributed by atoms with E-state index in [1.807, 2.05) is 0 Å². The highest BCUT2D eigenvalue weighted by molar-refractivity contribution is 5.95. The van der Waals surface area contributed by atoms with Gasteiger partial charge in [0.1, 0.15) is 34.9 Å². The molecule has 1 amide bonds. The minimum absolute atomic E-state index is 0.436. The van der Waals surface area contributed by atoms with Gasteiger partial charge in [0, 0.05) is 19.4 Å². The van der Waals surface area contributed by atoms with Crippen LogP contribution in [-0.2, 0) is 7.05 Å². The van der Waals surface area contributed by atoms with Crippen LogP contribution in [0.2, 0.25) is 0 Å². The van der Waals surface area contributed by atoms with Gasteiger partial charge >= 0.3 is 0 Å². The number of hydrogen-bond donors (Lipinski definition) is 1. The fourth-order valence-electron chi connectivity index (χ4n) is 2.53. The van der Waals surface area contributed by atoms with E-state index in [0.717, 1.165) is 12.1 Å². The maximum absolute atomic E-state index is 13.9. The van der Waals surface area contributed by atoms with Gasteiger partial charge in [0.25, 0.3) is 5.91 Å². The number of benzene rings is 2. The predicted molar refractivity (Wildman–Crippen MR) is 85.3 cm³/mol. The van der Waals surface area contributed by atoms with Gasteiger partial charge in [-0.2, -0.15) is 0 Å². The monoisotopic (exact) mass is 345 g/mol. The number of hydrogen-bond acceptors (Lipinski definition) is 2. The van der Waals surface area contributed by atoms with Crippen molar-refractivity contribution in [3.05, 3.63) is 89.3 Å². The molecule has 0 aliphatic heterocycles. The Kier molecular flexibility index (Phi) is 4.56. The van der Waals surface area contributed by atoms with E-state index in [0.29, 0.717) is 11.4 Å². The molecule has 3 aromatic rings. The van der Waals surface area contributed by atoms with Gasteiger partial charge in [0.2, 0.25) is 0 Å². The standard InChI is InChI=1S/C18H14F3N3O/c1-24-10-9-22-17(24)16(11-5-7-12(19)8-6-11)23-18(25)15-13(20)3-2-4-14(15)21/h2-10,16H,1H3,(H,23,25). The minimum atomic E-state index is -0.963. The topological polar surface area (TPSA) is 46.9 Å². The highest BCUT2D eigenvalue weighted by atomic mass is 19.1. The van der Waals surface area contributed by atoms with Crippen molar-refractivity contribution in [2.75, 3.05) is 0 Å². The summed E-state index contributed by atoms with van der Waals surface area (Å²) < 4.78 is 42.6. The smallest absolute Gasteiger partial charge is 0.258 e. The second-order valence-electron chi connectivity index (χ2n) is 5.45. The van der Waals surface area contributed by atoms with Gasteiger partial charge in [-0.1, -0.05) is 18.2 Å². The summed E-state index contributed by atoms with van der Waals surface area (Å²) in [6, 6.07) is 7.82. The van der Waals surface area contributed by atoms with Crippen LogP contribution < -0.4 is 5.32 Å². The van der Waals surface area contributed by atoms with E-state index in [2.05, 4.69) is 10.3 Å². The third-order valence-corrected chi connectivity index (χ3v) is 3.79. The van der Waals surface area contributed by atoms with Crippen LogP contribution in [0.1, 0.15) is 27.8 Å². The Morgan fingerprint density at radius 2 is 1.72 bits per heavy atom. The molecular weight excluding hydrogens is 331 g/mol. The quantitative estimate of drug-likeness (QED) is 0.788. The lowest BCUT2D eigenvalue weighted by atomic mass is 10.0. The summed E-state index contributed by atoms with van der Waals surface area (Å²) in [7, 11) is 1.72. The molecule has 128 valence electrons. The number of aryl methyl sites for hydroxylation is 1. The van der Waals surface area contributed by atoms with Gasteiger partial charge < -0.3 is 9.88 Å². The molecule has 7 heteroatoms. The Labute approximate surface area is 141 Å². The molecular formula is C18H14F3N3O. The van der Waals surface area contributed by atoms with E-state index in [-0.39, 0.29) is 0 Å². The molecule has 1 aromatic heterocycles. The van der Waals surface area contributed by atoms with Crippen molar-refractivity contribution in [3.63, 3.8) is 0 Å². The van der Waals surface area contributed by atoms with Crippen molar-refractivity contribution in [2.24, 2.45) is 7.05 Å². The normalized spacial score (nSPS) is 12.0. The molecule has 1 atom stereocenters. The van der Waals surface area contributed by atoms with E-state index in [1.165, 1.54) is 36.5 Å². The molecule has 1 unspecified atom stereocenters. The van der Waals surface area contributed by atoms with Gasteiger partial charge in [-0.05, 0) is 29.8 Å². The van der Waals surface area contributed by atoms with E-state index in [9.17, 15) is 18.0 Å². The Hall–Kier alpha value is -3.09. The van der Waals surface area contributed by atoms with Gasteiger partial charge in [-0.15, -0.1) is 0 Å². The minimum Gasteiger partial charge on any atom is -0.338 e. The first-order chi connectivity index (χ1) is 12.0. The van der Waals surface area contributed by atoms with Gasteiger partial charge in [0.05, 0.1) is 0 Å². The molecule has 0 saturated heterocycles. The van der Waals surface area contributed by atoms with Crippen LogP contribution in [0.4, 0.5) is 13.2 Å². The van der Waals surface area contributed by atoms with Crippen molar-refractivity contribution in [1.82, 2.24) is 14.9 Å². The number of nitrogens with one attached hydrogen (secondary N) is 1. The first-order valence-electron chi connectivity index (χ1n) is 7.45. The number of imidazole rings is 1. The number of carbonyl (C=O) groups excluding carboxylic acids is 1. The number of halogens is 3. The Bertz CT molecular complexity index is 886. The van der Waals surface area contributed by atoms with Gasteiger partial charge in [0.15, 0.2) is 0 Å². The molecule has 2 aromatic carbocycles. The fourth-order valence-corrected chi connectivity index (χ4v) is 2.53. The predicted octanol–water partition coefficient (Wildman–Crippen LogP) is 3.36.